The van der Waals surface area contributed by atoms with Crippen LogP contribution in [0.2, 0.25) is 0 Å². The number of benzene rings is 3. The molecule has 11 nitrogen and oxygen atoms in total. The van der Waals surface area contributed by atoms with E-state index in [1.165, 1.54) is 13.8 Å². The van der Waals surface area contributed by atoms with Gasteiger partial charge < -0.3 is 34.5 Å². The molecule has 4 aromatic rings. The van der Waals surface area contributed by atoms with Crippen LogP contribution in [0.3, 0.4) is 0 Å². The largest absolute Gasteiger partial charge is 0.453 e. The van der Waals surface area contributed by atoms with E-state index in [9.17, 15) is 19.5 Å². The first-order chi connectivity index (χ1) is 23.2. The minimum atomic E-state index is -0.865. The number of H-pyrrole nitrogens is 1. The number of likely N-dealkylation sites (tertiary alicyclic amines) is 1. The van der Waals surface area contributed by atoms with Crippen molar-refractivity contribution in [2.75, 3.05) is 19.6 Å². The lowest BCUT2D eigenvalue weighted by Crippen LogP contribution is -2.47. The van der Waals surface area contributed by atoms with Gasteiger partial charge in [0.2, 0.25) is 0 Å². The number of fused-ring (bicyclic) bond motifs is 1. The zero-order chi connectivity index (χ0) is 33.8. The van der Waals surface area contributed by atoms with Crippen molar-refractivity contribution in [3.8, 4) is 0 Å². The van der Waals surface area contributed by atoms with Crippen LogP contribution in [0.25, 0.3) is 11.0 Å². The summed E-state index contributed by atoms with van der Waals surface area (Å²) in [6, 6.07) is 23.6. The summed E-state index contributed by atoms with van der Waals surface area (Å²) in [5.74, 6) is -0.821. The van der Waals surface area contributed by atoms with Crippen LogP contribution < -0.4 is 11.0 Å². The molecule has 254 valence electrons. The van der Waals surface area contributed by atoms with E-state index in [-0.39, 0.29) is 48.9 Å². The van der Waals surface area contributed by atoms with Gasteiger partial charge in [-0.2, -0.15) is 0 Å². The Kier molecular flexibility index (Phi) is 10.4. The lowest BCUT2D eigenvalue weighted by Gasteiger charge is -2.44. The second-order valence-corrected chi connectivity index (χ2v) is 12.9. The van der Waals surface area contributed by atoms with Gasteiger partial charge in [-0.05, 0) is 48.6 Å². The van der Waals surface area contributed by atoms with E-state index in [0.717, 1.165) is 65.8 Å². The Bertz CT molecular complexity index is 1760. The van der Waals surface area contributed by atoms with Gasteiger partial charge in [-0.15, -0.1) is 0 Å². The van der Waals surface area contributed by atoms with Gasteiger partial charge >= 0.3 is 11.7 Å². The monoisotopic (exact) mass is 656 g/mol. The summed E-state index contributed by atoms with van der Waals surface area (Å²) in [7, 11) is 0. The molecule has 2 saturated heterocycles. The summed E-state index contributed by atoms with van der Waals surface area (Å²) >= 11 is 0. The Hall–Kier alpha value is -4.29. The molecule has 3 N–H and O–H groups in total. The third-order valence-electron chi connectivity index (χ3n) is 9.54. The Morgan fingerprint density at radius 1 is 0.979 bits per heavy atom. The zero-order valence-electron chi connectivity index (χ0n) is 27.6. The molecule has 0 radical (unpaired) electrons. The van der Waals surface area contributed by atoms with E-state index in [2.05, 4.69) is 22.1 Å². The van der Waals surface area contributed by atoms with Crippen molar-refractivity contribution in [3.63, 3.8) is 0 Å². The van der Waals surface area contributed by atoms with Crippen molar-refractivity contribution < 1.29 is 28.9 Å². The smallest absolute Gasteiger partial charge is 0.326 e. The van der Waals surface area contributed by atoms with Gasteiger partial charge in [0, 0.05) is 50.6 Å². The van der Waals surface area contributed by atoms with Crippen molar-refractivity contribution in [2.24, 2.45) is 5.92 Å². The molecule has 11 heteroatoms. The number of ether oxygens (including phenoxy) is 3. The maximum atomic E-state index is 12.8. The molecule has 5 atom stereocenters. The number of nitrogens with one attached hydrogen (secondary N) is 2. The second kappa shape index (κ2) is 14.9. The van der Waals surface area contributed by atoms with E-state index in [1.54, 1.807) is 0 Å². The lowest BCUT2D eigenvalue weighted by molar-refractivity contribution is -0.276. The molecular formula is C37H44N4O7. The van der Waals surface area contributed by atoms with Gasteiger partial charge in [-0.25, -0.2) is 4.79 Å². The van der Waals surface area contributed by atoms with Gasteiger partial charge in [-0.1, -0.05) is 67.6 Å². The van der Waals surface area contributed by atoms with Gasteiger partial charge in [0.15, 0.2) is 12.4 Å². The van der Waals surface area contributed by atoms with Crippen LogP contribution in [0, 0.1) is 5.92 Å². The number of nitrogens with zero attached hydrogens (tertiary/aromatic N) is 2. The highest BCUT2D eigenvalue weighted by molar-refractivity contribution is 5.82. The number of aliphatic hydroxyl groups is 1. The number of amides is 1. The molecule has 1 aromatic heterocycles. The highest BCUT2D eigenvalue weighted by Gasteiger charge is 2.39. The number of hydrogen-bond acceptors (Lipinski definition) is 8. The maximum absolute atomic E-state index is 12.8. The molecule has 0 bridgehead atoms. The fraction of sp³-hybridized carbons (Fsp3) is 0.432. The van der Waals surface area contributed by atoms with Crippen LogP contribution in [-0.2, 0) is 37.0 Å². The second-order valence-electron chi connectivity index (χ2n) is 12.9. The topological polar surface area (TPSA) is 135 Å². The van der Waals surface area contributed by atoms with Crippen molar-refractivity contribution in [1.82, 2.24) is 19.8 Å². The summed E-state index contributed by atoms with van der Waals surface area (Å²) in [4.78, 5) is 41.7. The maximum Gasteiger partial charge on any atom is 0.326 e. The number of aromatic amines is 1. The predicted octanol–water partition coefficient (Wildman–Crippen LogP) is 4.52. The van der Waals surface area contributed by atoms with E-state index < -0.39 is 18.4 Å². The van der Waals surface area contributed by atoms with Crippen molar-refractivity contribution in [1.29, 1.82) is 0 Å². The number of rotatable bonds is 10. The number of carbonyl (C=O) groups is 2. The highest BCUT2D eigenvalue weighted by Crippen LogP contribution is 2.42. The number of aliphatic hydroxyl groups excluding tert-OH is 1. The van der Waals surface area contributed by atoms with Crippen molar-refractivity contribution in [3.05, 3.63) is 106 Å². The van der Waals surface area contributed by atoms with Crippen molar-refractivity contribution >= 4 is 22.9 Å². The first-order valence-corrected chi connectivity index (χ1v) is 16.7. The van der Waals surface area contributed by atoms with Gasteiger partial charge in [0.05, 0.1) is 29.8 Å². The summed E-state index contributed by atoms with van der Waals surface area (Å²) in [6.07, 6.45) is -0.0937. The SMILES string of the molecule is CC(=O)O[C@@H](C)C(=O)NCc1ccc(C2O[C@H](CN3CCC(n4c(=O)[nH]c5ccccc54)CC3)[C@H](C)[C@H](c3ccc(CO)cc3)O2)cc1. The van der Waals surface area contributed by atoms with Crippen LogP contribution in [0.15, 0.2) is 77.6 Å². The Balaban J connectivity index is 1.14. The van der Waals surface area contributed by atoms with Gasteiger partial charge in [0.25, 0.3) is 5.91 Å². The third-order valence-corrected chi connectivity index (χ3v) is 9.54. The Morgan fingerprint density at radius 3 is 2.33 bits per heavy atom. The standard InChI is InChI=1S/C37H44N4O7/c1-23-33(21-40-18-16-30(17-19-40)41-32-7-5-4-6-31(32)39-37(41)45)47-36(48-34(23)28-12-10-27(22-42)11-13-28)29-14-8-26(9-15-29)20-38-35(44)24(2)46-25(3)43/h4-15,23-24,30,33-34,36,42H,16-22H2,1-3H3,(H,38,44)(H,39,45)/t23-,24-,33+,34+,36?/m0/s1. The quantitative estimate of drug-likeness (QED) is 0.212. The lowest BCUT2D eigenvalue weighted by atomic mass is 9.89. The third kappa shape index (κ3) is 7.55. The van der Waals surface area contributed by atoms with E-state index >= 15 is 0 Å². The molecule has 2 fully saturated rings. The number of aromatic nitrogens is 2. The molecule has 1 amide bonds. The molecule has 3 heterocycles. The zero-order valence-corrected chi connectivity index (χ0v) is 27.6. The molecule has 48 heavy (non-hydrogen) atoms. The van der Waals surface area contributed by atoms with Gasteiger partial charge in [-0.3, -0.25) is 14.2 Å². The molecule has 0 aliphatic carbocycles. The summed E-state index contributed by atoms with van der Waals surface area (Å²) in [5.41, 5.74) is 5.38. The average molecular weight is 657 g/mol. The minimum absolute atomic E-state index is 0.0220. The highest BCUT2D eigenvalue weighted by atomic mass is 16.7. The van der Waals surface area contributed by atoms with Crippen LogP contribution >= 0.6 is 0 Å². The molecule has 3 aromatic carbocycles. The molecule has 2 aliphatic rings. The number of carbonyl (C=O) groups excluding carboxylic acids is 2. The molecule has 6 rings (SSSR count). The first kappa shape index (κ1) is 33.6. The van der Waals surface area contributed by atoms with E-state index in [0.29, 0.717) is 0 Å². The molecular weight excluding hydrogens is 612 g/mol. The number of imidazole rings is 1. The number of esters is 1. The minimum Gasteiger partial charge on any atom is -0.453 e. The number of piperidine rings is 1. The number of hydrogen-bond donors (Lipinski definition) is 3. The molecule has 1 unspecified atom stereocenters. The van der Waals surface area contributed by atoms with Gasteiger partial charge in [0.1, 0.15) is 0 Å². The van der Waals surface area contributed by atoms with E-state index in [1.807, 2.05) is 77.4 Å². The number of para-hydroxylation sites is 2. The molecule has 2 aliphatic heterocycles. The van der Waals surface area contributed by atoms with Crippen LogP contribution in [-0.4, -0.2) is 63.3 Å². The summed E-state index contributed by atoms with van der Waals surface area (Å²) < 4.78 is 20.2. The molecule has 0 saturated carbocycles. The fourth-order valence-electron chi connectivity index (χ4n) is 6.81. The summed E-state index contributed by atoms with van der Waals surface area (Å²) in [5, 5.41) is 12.4. The Labute approximate surface area is 279 Å². The molecule has 0 spiro atoms. The van der Waals surface area contributed by atoms with Crippen molar-refractivity contribution in [2.45, 2.75) is 77.4 Å². The van der Waals surface area contributed by atoms with Crippen LogP contribution in [0.4, 0.5) is 0 Å². The average Bonchev–Trinajstić information content (AvgIpc) is 3.44. The van der Waals surface area contributed by atoms with Crippen LogP contribution in [0.5, 0.6) is 0 Å². The summed E-state index contributed by atoms with van der Waals surface area (Å²) in [6.45, 7) is 7.66. The predicted molar refractivity (Wildman–Crippen MR) is 180 cm³/mol. The van der Waals surface area contributed by atoms with E-state index in [4.69, 9.17) is 14.2 Å². The normalized spacial score (nSPS) is 22.8. The Morgan fingerprint density at radius 2 is 1.65 bits per heavy atom. The fourth-order valence-corrected chi connectivity index (χ4v) is 6.81. The van der Waals surface area contributed by atoms with Crippen LogP contribution in [0.1, 0.15) is 74.3 Å². The first-order valence-electron chi connectivity index (χ1n) is 16.7.